The van der Waals surface area contributed by atoms with Gasteiger partial charge >= 0.3 is 0 Å². The standard InChI is InChI=1S/C13H28N4O2.HI/c1-12(11-17-5-8-19-9-6-17)10-16-13(14-2)15-4-7-18-3;/h12H,4-11H2,1-3H3,(H2,14,15,16);1H. The van der Waals surface area contributed by atoms with Crippen molar-refractivity contribution < 1.29 is 9.47 Å². The number of aliphatic imine (C=N–C) groups is 1. The summed E-state index contributed by atoms with van der Waals surface area (Å²) in [7, 11) is 3.48. The van der Waals surface area contributed by atoms with Gasteiger partial charge in [0.2, 0.25) is 0 Å². The smallest absolute Gasteiger partial charge is 0.191 e. The van der Waals surface area contributed by atoms with Crippen LogP contribution in [0.25, 0.3) is 0 Å². The van der Waals surface area contributed by atoms with Crippen LogP contribution in [-0.4, -0.2) is 77.6 Å². The molecular weight excluding hydrogens is 371 g/mol. The van der Waals surface area contributed by atoms with E-state index in [1.807, 2.05) is 0 Å². The summed E-state index contributed by atoms with van der Waals surface area (Å²) in [6, 6.07) is 0. The Kier molecular flexibility index (Phi) is 12.5. The molecule has 1 fully saturated rings. The number of hydrogen-bond donors (Lipinski definition) is 2. The second kappa shape index (κ2) is 12.6. The maximum Gasteiger partial charge on any atom is 0.191 e. The first-order valence-corrected chi connectivity index (χ1v) is 6.99. The van der Waals surface area contributed by atoms with E-state index in [9.17, 15) is 0 Å². The molecule has 1 heterocycles. The van der Waals surface area contributed by atoms with Crippen molar-refractivity contribution in [1.82, 2.24) is 15.5 Å². The van der Waals surface area contributed by atoms with E-state index in [1.54, 1.807) is 14.2 Å². The predicted molar refractivity (Wildman–Crippen MR) is 93.1 cm³/mol. The maximum absolute atomic E-state index is 5.35. The molecule has 1 unspecified atom stereocenters. The second-order valence-corrected chi connectivity index (χ2v) is 4.89. The van der Waals surface area contributed by atoms with Crippen molar-refractivity contribution in [3.8, 4) is 0 Å². The van der Waals surface area contributed by atoms with Gasteiger partial charge in [0.05, 0.1) is 19.8 Å². The van der Waals surface area contributed by atoms with Gasteiger partial charge in [-0.2, -0.15) is 0 Å². The van der Waals surface area contributed by atoms with Gasteiger partial charge in [-0.25, -0.2) is 0 Å². The van der Waals surface area contributed by atoms with Crippen molar-refractivity contribution in [2.75, 3.05) is 66.7 Å². The van der Waals surface area contributed by atoms with E-state index in [0.29, 0.717) is 12.5 Å². The third-order valence-electron chi connectivity index (χ3n) is 3.11. The Bertz CT molecular complexity index is 261. The molecule has 1 rings (SSSR count). The Labute approximate surface area is 139 Å². The van der Waals surface area contributed by atoms with Crippen molar-refractivity contribution >= 4 is 29.9 Å². The molecule has 1 atom stereocenters. The lowest BCUT2D eigenvalue weighted by molar-refractivity contribution is 0.0320. The summed E-state index contributed by atoms with van der Waals surface area (Å²) < 4.78 is 10.4. The molecule has 120 valence electrons. The molecule has 0 aromatic carbocycles. The molecular formula is C13H29IN4O2. The summed E-state index contributed by atoms with van der Waals surface area (Å²) in [5.41, 5.74) is 0. The first kappa shape index (κ1) is 19.9. The average Bonchev–Trinajstić information content (AvgIpc) is 2.44. The molecule has 0 bridgehead atoms. The van der Waals surface area contributed by atoms with Crippen molar-refractivity contribution in [3.05, 3.63) is 0 Å². The summed E-state index contributed by atoms with van der Waals surface area (Å²) >= 11 is 0. The summed E-state index contributed by atoms with van der Waals surface area (Å²) in [5, 5.41) is 6.55. The molecule has 0 amide bonds. The van der Waals surface area contributed by atoms with Crippen LogP contribution < -0.4 is 10.6 Å². The summed E-state index contributed by atoms with van der Waals surface area (Å²) in [4.78, 5) is 6.64. The first-order chi connectivity index (χ1) is 9.26. The van der Waals surface area contributed by atoms with E-state index >= 15 is 0 Å². The lowest BCUT2D eigenvalue weighted by Gasteiger charge is -2.29. The van der Waals surface area contributed by atoms with Crippen LogP contribution in [-0.2, 0) is 9.47 Å². The number of morpholine rings is 1. The largest absolute Gasteiger partial charge is 0.383 e. The molecule has 2 N–H and O–H groups in total. The molecule has 0 aliphatic carbocycles. The highest BCUT2D eigenvalue weighted by Gasteiger charge is 2.13. The van der Waals surface area contributed by atoms with E-state index < -0.39 is 0 Å². The fraction of sp³-hybridized carbons (Fsp3) is 0.923. The van der Waals surface area contributed by atoms with Gasteiger partial charge in [0.25, 0.3) is 0 Å². The van der Waals surface area contributed by atoms with Crippen LogP contribution in [0.1, 0.15) is 6.92 Å². The maximum atomic E-state index is 5.35. The molecule has 0 aromatic heterocycles. The van der Waals surface area contributed by atoms with Gasteiger partial charge in [-0.3, -0.25) is 9.89 Å². The summed E-state index contributed by atoms with van der Waals surface area (Å²) in [5.74, 6) is 1.42. The van der Waals surface area contributed by atoms with Crippen LogP contribution in [0.15, 0.2) is 4.99 Å². The van der Waals surface area contributed by atoms with Gasteiger partial charge in [-0.1, -0.05) is 6.92 Å². The zero-order chi connectivity index (χ0) is 13.9. The number of halogens is 1. The zero-order valence-corrected chi connectivity index (χ0v) is 15.2. The lowest BCUT2D eigenvalue weighted by atomic mass is 10.1. The van der Waals surface area contributed by atoms with Crippen molar-refractivity contribution in [1.29, 1.82) is 0 Å². The molecule has 1 aliphatic heterocycles. The van der Waals surface area contributed by atoms with Crippen LogP contribution in [0.4, 0.5) is 0 Å². The van der Waals surface area contributed by atoms with Crippen LogP contribution in [0.2, 0.25) is 0 Å². The SMILES string of the molecule is CN=C(NCCOC)NCC(C)CN1CCOCC1.I. The van der Waals surface area contributed by atoms with Crippen molar-refractivity contribution in [2.45, 2.75) is 6.92 Å². The minimum absolute atomic E-state index is 0. The van der Waals surface area contributed by atoms with Gasteiger partial charge in [-0.15, -0.1) is 24.0 Å². The highest BCUT2D eigenvalue weighted by Crippen LogP contribution is 2.02. The molecule has 0 saturated carbocycles. The highest BCUT2D eigenvalue weighted by atomic mass is 127. The van der Waals surface area contributed by atoms with Gasteiger partial charge in [0.15, 0.2) is 5.96 Å². The number of nitrogens with zero attached hydrogens (tertiary/aromatic N) is 2. The third kappa shape index (κ3) is 8.93. The molecule has 7 heteroatoms. The number of guanidine groups is 1. The Balaban J connectivity index is 0.00000361. The Morgan fingerprint density at radius 1 is 1.35 bits per heavy atom. The quantitative estimate of drug-likeness (QED) is 0.280. The van der Waals surface area contributed by atoms with Gasteiger partial charge in [-0.05, 0) is 5.92 Å². The van der Waals surface area contributed by atoms with Crippen LogP contribution in [0, 0.1) is 5.92 Å². The van der Waals surface area contributed by atoms with Crippen LogP contribution in [0.5, 0.6) is 0 Å². The molecule has 20 heavy (non-hydrogen) atoms. The number of ether oxygens (including phenoxy) is 2. The molecule has 0 radical (unpaired) electrons. The molecule has 1 aliphatic rings. The topological polar surface area (TPSA) is 58.1 Å². The molecule has 6 nitrogen and oxygen atoms in total. The minimum atomic E-state index is 0. The number of rotatable bonds is 7. The van der Waals surface area contributed by atoms with E-state index in [2.05, 4.69) is 27.4 Å². The van der Waals surface area contributed by atoms with E-state index in [0.717, 1.165) is 51.9 Å². The molecule has 0 aromatic rings. The molecule has 1 saturated heterocycles. The Morgan fingerprint density at radius 3 is 2.65 bits per heavy atom. The van der Waals surface area contributed by atoms with Crippen molar-refractivity contribution in [3.63, 3.8) is 0 Å². The first-order valence-electron chi connectivity index (χ1n) is 6.99. The van der Waals surface area contributed by atoms with Crippen LogP contribution >= 0.6 is 24.0 Å². The number of methoxy groups -OCH3 is 1. The monoisotopic (exact) mass is 400 g/mol. The third-order valence-corrected chi connectivity index (χ3v) is 3.11. The normalized spacial score (nSPS) is 18.2. The number of hydrogen-bond acceptors (Lipinski definition) is 4. The Morgan fingerprint density at radius 2 is 2.05 bits per heavy atom. The fourth-order valence-electron chi connectivity index (χ4n) is 2.05. The summed E-state index contributed by atoms with van der Waals surface area (Å²) in [6.07, 6.45) is 0. The minimum Gasteiger partial charge on any atom is -0.383 e. The fourth-order valence-corrected chi connectivity index (χ4v) is 2.05. The van der Waals surface area contributed by atoms with Gasteiger partial charge in [0, 0.05) is 46.9 Å². The molecule has 0 spiro atoms. The van der Waals surface area contributed by atoms with Crippen molar-refractivity contribution in [2.24, 2.45) is 10.9 Å². The van der Waals surface area contributed by atoms with Gasteiger partial charge < -0.3 is 20.1 Å². The number of nitrogens with one attached hydrogen (secondary N) is 2. The van der Waals surface area contributed by atoms with Crippen LogP contribution in [0.3, 0.4) is 0 Å². The lowest BCUT2D eigenvalue weighted by Crippen LogP contribution is -2.44. The van der Waals surface area contributed by atoms with E-state index in [4.69, 9.17) is 9.47 Å². The predicted octanol–water partition coefficient (Wildman–Crippen LogP) is 0.384. The Hall–Kier alpha value is -0.120. The van der Waals surface area contributed by atoms with Gasteiger partial charge in [0.1, 0.15) is 0 Å². The second-order valence-electron chi connectivity index (χ2n) is 4.89. The highest BCUT2D eigenvalue weighted by molar-refractivity contribution is 14.0. The zero-order valence-electron chi connectivity index (χ0n) is 12.9. The van der Waals surface area contributed by atoms with E-state index in [1.165, 1.54) is 0 Å². The van der Waals surface area contributed by atoms with E-state index in [-0.39, 0.29) is 24.0 Å². The average molecular weight is 400 g/mol. The summed E-state index contributed by atoms with van der Waals surface area (Å²) in [6.45, 7) is 9.55.